The summed E-state index contributed by atoms with van der Waals surface area (Å²) < 4.78 is 10.6. The van der Waals surface area contributed by atoms with Crippen molar-refractivity contribution in [1.82, 2.24) is 4.98 Å². The summed E-state index contributed by atoms with van der Waals surface area (Å²) in [6.45, 7) is 0.443. The maximum Gasteiger partial charge on any atom is 0.131 e. The van der Waals surface area contributed by atoms with Crippen LogP contribution in [0.5, 0.6) is 11.5 Å². The van der Waals surface area contributed by atoms with Crippen LogP contribution in [-0.2, 0) is 6.54 Å². The highest BCUT2D eigenvalue weighted by molar-refractivity contribution is 5.85. The van der Waals surface area contributed by atoms with Crippen molar-refractivity contribution in [2.24, 2.45) is 5.73 Å². The maximum atomic E-state index is 5.73. The second kappa shape index (κ2) is 6.97. The monoisotopic (exact) mass is 280 g/mol. The molecule has 1 heterocycles. The van der Waals surface area contributed by atoms with E-state index in [1.807, 2.05) is 30.3 Å². The average Bonchev–Trinajstić information content (AvgIpc) is 2.46. The highest BCUT2D eigenvalue weighted by Crippen LogP contribution is 2.33. The summed E-state index contributed by atoms with van der Waals surface area (Å²) in [6.07, 6.45) is 1.75. The molecular formula is C14H17ClN2O2. The number of rotatable bonds is 4. The van der Waals surface area contributed by atoms with Crippen LogP contribution in [0.2, 0.25) is 0 Å². The standard InChI is InChI=1S/C14H16N2O2.ClH/c1-17-11-5-6-12(13(8-11)18-2)14-10(9-15)4-3-7-16-14;/h3-8H,9,15H2,1-2H3;1H. The minimum absolute atomic E-state index is 0. The highest BCUT2D eigenvalue weighted by atomic mass is 35.5. The lowest BCUT2D eigenvalue weighted by molar-refractivity contribution is 0.395. The number of ether oxygens (including phenoxy) is 2. The van der Waals surface area contributed by atoms with Crippen LogP contribution in [0, 0.1) is 0 Å². The van der Waals surface area contributed by atoms with Crippen molar-refractivity contribution in [3.05, 3.63) is 42.1 Å². The van der Waals surface area contributed by atoms with E-state index in [1.165, 1.54) is 0 Å². The summed E-state index contributed by atoms with van der Waals surface area (Å²) in [5.74, 6) is 1.48. The molecule has 102 valence electrons. The first kappa shape index (κ1) is 15.3. The molecule has 0 atom stereocenters. The van der Waals surface area contributed by atoms with Crippen LogP contribution in [0.15, 0.2) is 36.5 Å². The van der Waals surface area contributed by atoms with E-state index >= 15 is 0 Å². The maximum absolute atomic E-state index is 5.73. The summed E-state index contributed by atoms with van der Waals surface area (Å²) in [5.41, 5.74) is 8.48. The molecule has 0 radical (unpaired) electrons. The zero-order valence-electron chi connectivity index (χ0n) is 10.9. The minimum Gasteiger partial charge on any atom is -0.497 e. The van der Waals surface area contributed by atoms with Gasteiger partial charge in [-0.3, -0.25) is 4.98 Å². The molecule has 1 aromatic heterocycles. The van der Waals surface area contributed by atoms with Crippen LogP contribution in [0.3, 0.4) is 0 Å². The van der Waals surface area contributed by atoms with Gasteiger partial charge in [-0.15, -0.1) is 12.4 Å². The Balaban J connectivity index is 0.00000180. The normalized spacial score (nSPS) is 9.63. The Morgan fingerprint density at radius 1 is 1.16 bits per heavy atom. The molecular weight excluding hydrogens is 264 g/mol. The summed E-state index contributed by atoms with van der Waals surface area (Å²) in [4.78, 5) is 4.38. The van der Waals surface area contributed by atoms with Crippen LogP contribution < -0.4 is 15.2 Å². The molecule has 0 aliphatic rings. The van der Waals surface area contributed by atoms with Crippen LogP contribution in [0.25, 0.3) is 11.3 Å². The average molecular weight is 281 g/mol. The molecule has 2 rings (SSSR count). The second-order valence-electron chi connectivity index (χ2n) is 3.78. The molecule has 1 aromatic carbocycles. The minimum atomic E-state index is 0. The molecule has 5 heteroatoms. The van der Waals surface area contributed by atoms with Gasteiger partial charge in [-0.05, 0) is 23.8 Å². The first-order valence-electron chi connectivity index (χ1n) is 5.66. The fraction of sp³-hybridized carbons (Fsp3) is 0.214. The third kappa shape index (κ3) is 3.16. The Labute approximate surface area is 119 Å². The fourth-order valence-electron chi connectivity index (χ4n) is 1.84. The Kier molecular flexibility index (Phi) is 5.60. The smallest absolute Gasteiger partial charge is 0.131 e. The number of benzene rings is 1. The molecule has 0 spiro atoms. The van der Waals surface area contributed by atoms with Gasteiger partial charge in [-0.1, -0.05) is 6.07 Å². The Morgan fingerprint density at radius 2 is 1.95 bits per heavy atom. The molecule has 0 fully saturated rings. The van der Waals surface area contributed by atoms with Crippen molar-refractivity contribution in [2.45, 2.75) is 6.54 Å². The van der Waals surface area contributed by atoms with Crippen molar-refractivity contribution in [3.8, 4) is 22.8 Å². The molecule has 2 aromatic rings. The topological polar surface area (TPSA) is 57.4 Å². The van der Waals surface area contributed by atoms with E-state index in [9.17, 15) is 0 Å². The van der Waals surface area contributed by atoms with Gasteiger partial charge >= 0.3 is 0 Å². The summed E-state index contributed by atoms with van der Waals surface area (Å²) in [5, 5.41) is 0. The number of pyridine rings is 1. The number of hydrogen-bond donors (Lipinski definition) is 1. The lowest BCUT2D eigenvalue weighted by atomic mass is 10.0. The molecule has 0 aliphatic carbocycles. The van der Waals surface area contributed by atoms with E-state index in [0.29, 0.717) is 6.54 Å². The van der Waals surface area contributed by atoms with Crippen LogP contribution in [0.4, 0.5) is 0 Å². The summed E-state index contributed by atoms with van der Waals surface area (Å²) in [6, 6.07) is 9.49. The Hall–Kier alpha value is -1.78. The molecule has 0 saturated heterocycles. The molecule has 0 aliphatic heterocycles. The first-order valence-corrected chi connectivity index (χ1v) is 5.66. The molecule has 4 nitrogen and oxygen atoms in total. The number of aromatic nitrogens is 1. The van der Waals surface area contributed by atoms with Crippen molar-refractivity contribution in [2.75, 3.05) is 14.2 Å². The molecule has 2 N–H and O–H groups in total. The lowest BCUT2D eigenvalue weighted by Crippen LogP contribution is -2.01. The predicted octanol–water partition coefficient (Wildman–Crippen LogP) is 2.65. The molecule has 19 heavy (non-hydrogen) atoms. The molecule has 0 amide bonds. The Morgan fingerprint density at radius 3 is 2.58 bits per heavy atom. The quantitative estimate of drug-likeness (QED) is 0.935. The second-order valence-corrected chi connectivity index (χ2v) is 3.78. The van der Waals surface area contributed by atoms with Crippen LogP contribution >= 0.6 is 12.4 Å². The van der Waals surface area contributed by atoms with Crippen LogP contribution in [0.1, 0.15) is 5.56 Å². The molecule has 0 unspecified atom stereocenters. The number of hydrogen-bond acceptors (Lipinski definition) is 4. The number of methoxy groups -OCH3 is 2. The van der Waals surface area contributed by atoms with E-state index in [2.05, 4.69) is 4.98 Å². The fourth-order valence-corrected chi connectivity index (χ4v) is 1.84. The van der Waals surface area contributed by atoms with E-state index in [1.54, 1.807) is 20.4 Å². The number of halogens is 1. The number of nitrogens with zero attached hydrogens (tertiary/aromatic N) is 1. The van der Waals surface area contributed by atoms with Crippen molar-refractivity contribution < 1.29 is 9.47 Å². The van der Waals surface area contributed by atoms with Crippen molar-refractivity contribution in [1.29, 1.82) is 0 Å². The van der Waals surface area contributed by atoms with Gasteiger partial charge in [0.2, 0.25) is 0 Å². The van der Waals surface area contributed by atoms with Gasteiger partial charge in [0.15, 0.2) is 0 Å². The number of nitrogens with two attached hydrogens (primary N) is 1. The van der Waals surface area contributed by atoms with E-state index in [4.69, 9.17) is 15.2 Å². The third-order valence-electron chi connectivity index (χ3n) is 2.78. The molecule has 0 saturated carbocycles. The van der Waals surface area contributed by atoms with Gasteiger partial charge in [-0.25, -0.2) is 0 Å². The largest absolute Gasteiger partial charge is 0.497 e. The lowest BCUT2D eigenvalue weighted by Gasteiger charge is -2.12. The van der Waals surface area contributed by atoms with Gasteiger partial charge < -0.3 is 15.2 Å². The summed E-state index contributed by atoms with van der Waals surface area (Å²) in [7, 11) is 3.25. The van der Waals surface area contributed by atoms with Gasteiger partial charge in [0.05, 0.1) is 19.9 Å². The van der Waals surface area contributed by atoms with Gasteiger partial charge in [0.1, 0.15) is 11.5 Å². The predicted molar refractivity (Wildman–Crippen MR) is 77.9 cm³/mol. The zero-order chi connectivity index (χ0) is 13.0. The third-order valence-corrected chi connectivity index (χ3v) is 2.78. The molecule has 0 bridgehead atoms. The highest BCUT2D eigenvalue weighted by Gasteiger charge is 2.11. The van der Waals surface area contributed by atoms with Crippen molar-refractivity contribution >= 4 is 12.4 Å². The Bertz CT molecular complexity index is 547. The first-order chi connectivity index (χ1) is 8.80. The van der Waals surface area contributed by atoms with Crippen molar-refractivity contribution in [3.63, 3.8) is 0 Å². The van der Waals surface area contributed by atoms with E-state index < -0.39 is 0 Å². The van der Waals surface area contributed by atoms with Crippen LogP contribution in [-0.4, -0.2) is 19.2 Å². The van der Waals surface area contributed by atoms with Gasteiger partial charge in [0.25, 0.3) is 0 Å². The van der Waals surface area contributed by atoms with Gasteiger partial charge in [0, 0.05) is 24.4 Å². The zero-order valence-corrected chi connectivity index (χ0v) is 11.7. The van der Waals surface area contributed by atoms with E-state index in [0.717, 1.165) is 28.3 Å². The van der Waals surface area contributed by atoms with Gasteiger partial charge in [-0.2, -0.15) is 0 Å². The SMILES string of the molecule is COc1ccc(-c2ncccc2CN)c(OC)c1.Cl. The van der Waals surface area contributed by atoms with E-state index in [-0.39, 0.29) is 12.4 Å². The summed E-state index contributed by atoms with van der Waals surface area (Å²) >= 11 is 0.